The molecule has 3 nitrogen and oxygen atoms in total. The zero-order valence-electron chi connectivity index (χ0n) is 13.4. The van der Waals surface area contributed by atoms with E-state index < -0.39 is 14.3 Å². The molecule has 0 amide bonds. The second-order valence-electron chi connectivity index (χ2n) is 7.81. The van der Waals surface area contributed by atoms with E-state index in [0.29, 0.717) is 0 Å². The third-order valence-electron chi connectivity index (χ3n) is 5.14. The summed E-state index contributed by atoms with van der Waals surface area (Å²) in [6.45, 7) is 13.5. The second kappa shape index (κ2) is 5.56. The summed E-state index contributed by atoms with van der Waals surface area (Å²) in [6.07, 6.45) is 4.58. The molecule has 1 unspecified atom stereocenters. The first-order valence-electron chi connectivity index (χ1n) is 7.38. The maximum absolute atomic E-state index is 10.8. The van der Waals surface area contributed by atoms with Gasteiger partial charge in [0.2, 0.25) is 0 Å². The average molecular weight is 286 g/mol. The number of carboxylic acids is 1. The predicted molar refractivity (Wildman–Crippen MR) is 80.9 cm³/mol. The molecule has 0 saturated heterocycles. The molecule has 19 heavy (non-hydrogen) atoms. The van der Waals surface area contributed by atoms with Crippen LogP contribution in [0, 0.1) is 5.41 Å². The summed E-state index contributed by atoms with van der Waals surface area (Å²) in [5.41, 5.74) is 0.0495. The molecule has 1 aliphatic carbocycles. The minimum absolute atomic E-state index is 0.0495. The molecule has 0 aromatic heterocycles. The minimum Gasteiger partial charge on any atom is -0.481 e. The van der Waals surface area contributed by atoms with E-state index in [9.17, 15) is 4.79 Å². The van der Waals surface area contributed by atoms with E-state index in [1.807, 2.05) is 0 Å². The van der Waals surface area contributed by atoms with Crippen molar-refractivity contribution in [3.63, 3.8) is 0 Å². The standard InChI is InChI=1S/C15H30O3Si/c1-14(2,3)19(5,6)18-12-8-7-10-15(12,4)11-9-13(16)17/h12H,7-11H2,1-6H3,(H,16,17)/t12?,15-/m1/s1. The topological polar surface area (TPSA) is 46.5 Å². The largest absolute Gasteiger partial charge is 0.481 e. The molecule has 0 spiro atoms. The first kappa shape index (κ1) is 16.7. The van der Waals surface area contributed by atoms with Gasteiger partial charge in [0.25, 0.3) is 0 Å². The summed E-state index contributed by atoms with van der Waals surface area (Å²) in [5.74, 6) is -0.695. The lowest BCUT2D eigenvalue weighted by molar-refractivity contribution is -0.137. The van der Waals surface area contributed by atoms with Crippen LogP contribution in [-0.4, -0.2) is 25.5 Å². The van der Waals surface area contributed by atoms with Crippen LogP contribution in [0.2, 0.25) is 18.1 Å². The molecule has 0 bridgehead atoms. The molecule has 1 rings (SSSR count). The van der Waals surface area contributed by atoms with Crippen LogP contribution in [0.25, 0.3) is 0 Å². The first-order chi connectivity index (χ1) is 8.48. The Morgan fingerprint density at radius 3 is 2.47 bits per heavy atom. The lowest BCUT2D eigenvalue weighted by Crippen LogP contribution is -2.47. The molecule has 1 saturated carbocycles. The van der Waals surface area contributed by atoms with Crippen LogP contribution >= 0.6 is 0 Å². The SMILES string of the molecule is CC(C)(C)[Si](C)(C)OC1CCC[C@]1(C)CCC(=O)O. The fourth-order valence-electron chi connectivity index (χ4n) is 2.61. The molecule has 1 fully saturated rings. The van der Waals surface area contributed by atoms with E-state index >= 15 is 0 Å². The molecule has 0 aliphatic heterocycles. The van der Waals surface area contributed by atoms with Gasteiger partial charge in [-0.25, -0.2) is 0 Å². The van der Waals surface area contributed by atoms with Gasteiger partial charge >= 0.3 is 5.97 Å². The van der Waals surface area contributed by atoms with E-state index in [1.54, 1.807) is 0 Å². The smallest absolute Gasteiger partial charge is 0.303 e. The third-order valence-corrected chi connectivity index (χ3v) is 9.63. The quantitative estimate of drug-likeness (QED) is 0.760. The van der Waals surface area contributed by atoms with Crippen LogP contribution in [-0.2, 0) is 9.22 Å². The zero-order valence-corrected chi connectivity index (χ0v) is 14.4. The van der Waals surface area contributed by atoms with Crippen LogP contribution in [0.3, 0.4) is 0 Å². The molecule has 0 aromatic carbocycles. The van der Waals surface area contributed by atoms with Crippen molar-refractivity contribution in [1.29, 1.82) is 0 Å². The van der Waals surface area contributed by atoms with Crippen LogP contribution in [0.4, 0.5) is 0 Å². The van der Waals surface area contributed by atoms with Gasteiger partial charge in [-0.2, -0.15) is 0 Å². The van der Waals surface area contributed by atoms with Gasteiger partial charge in [-0.15, -0.1) is 0 Å². The fraction of sp³-hybridized carbons (Fsp3) is 0.933. The highest BCUT2D eigenvalue weighted by molar-refractivity contribution is 6.74. The number of hydrogen-bond donors (Lipinski definition) is 1. The normalized spacial score (nSPS) is 28.6. The monoisotopic (exact) mass is 286 g/mol. The van der Waals surface area contributed by atoms with Gasteiger partial charge in [-0.1, -0.05) is 34.1 Å². The summed E-state index contributed by atoms with van der Waals surface area (Å²) in [5, 5.41) is 9.12. The molecule has 0 heterocycles. The molecular weight excluding hydrogens is 256 g/mol. The number of aliphatic carboxylic acids is 1. The molecule has 0 aromatic rings. The first-order valence-corrected chi connectivity index (χ1v) is 10.3. The molecule has 0 radical (unpaired) electrons. The molecule has 2 atom stereocenters. The van der Waals surface area contributed by atoms with Gasteiger partial charge < -0.3 is 9.53 Å². The van der Waals surface area contributed by atoms with E-state index in [4.69, 9.17) is 9.53 Å². The van der Waals surface area contributed by atoms with Crippen molar-refractivity contribution in [3.05, 3.63) is 0 Å². The number of hydrogen-bond acceptors (Lipinski definition) is 2. The minimum atomic E-state index is -1.76. The highest BCUT2D eigenvalue weighted by Crippen LogP contribution is 2.47. The van der Waals surface area contributed by atoms with Crippen LogP contribution in [0.15, 0.2) is 0 Å². The van der Waals surface area contributed by atoms with Gasteiger partial charge in [0, 0.05) is 6.42 Å². The van der Waals surface area contributed by atoms with Crippen molar-refractivity contribution in [2.75, 3.05) is 0 Å². The fourth-order valence-corrected chi connectivity index (χ4v) is 4.08. The summed E-state index contributed by atoms with van der Waals surface area (Å²) < 4.78 is 6.56. The Morgan fingerprint density at radius 1 is 1.42 bits per heavy atom. The van der Waals surface area contributed by atoms with Crippen LogP contribution < -0.4 is 0 Å². The number of carboxylic acid groups (broad SMARTS) is 1. The molecule has 1 aliphatic rings. The Labute approximate surface area is 118 Å². The molecular formula is C15H30O3Si. The summed E-state index contributed by atoms with van der Waals surface area (Å²) in [7, 11) is -1.76. The van der Waals surface area contributed by atoms with Crippen LogP contribution in [0.5, 0.6) is 0 Å². The Hall–Kier alpha value is -0.353. The lowest BCUT2D eigenvalue weighted by atomic mass is 9.82. The predicted octanol–water partition coefficient (Wildman–Crippen LogP) is 4.43. The molecule has 1 N–H and O–H groups in total. The van der Waals surface area contributed by atoms with Crippen molar-refractivity contribution in [2.45, 2.75) is 84.0 Å². The highest BCUT2D eigenvalue weighted by Gasteiger charge is 2.46. The van der Waals surface area contributed by atoms with E-state index in [1.165, 1.54) is 0 Å². The lowest BCUT2D eigenvalue weighted by Gasteiger charge is -2.43. The zero-order chi connectivity index (χ0) is 14.9. The Kier molecular flexibility index (Phi) is 4.89. The molecule has 112 valence electrons. The maximum atomic E-state index is 10.8. The average Bonchev–Trinajstić information content (AvgIpc) is 2.56. The second-order valence-corrected chi connectivity index (χ2v) is 12.6. The van der Waals surface area contributed by atoms with Gasteiger partial charge in [0.15, 0.2) is 8.32 Å². The summed E-state index contributed by atoms with van der Waals surface area (Å²) >= 11 is 0. The Balaban J connectivity index is 2.74. The van der Waals surface area contributed by atoms with Crippen molar-refractivity contribution in [2.24, 2.45) is 5.41 Å². The van der Waals surface area contributed by atoms with Crippen molar-refractivity contribution < 1.29 is 14.3 Å². The van der Waals surface area contributed by atoms with E-state index in [-0.39, 0.29) is 23.0 Å². The van der Waals surface area contributed by atoms with Crippen molar-refractivity contribution in [3.8, 4) is 0 Å². The summed E-state index contributed by atoms with van der Waals surface area (Å²) in [6, 6.07) is 0. The van der Waals surface area contributed by atoms with Gasteiger partial charge in [0.05, 0.1) is 6.10 Å². The van der Waals surface area contributed by atoms with Gasteiger partial charge in [-0.05, 0) is 42.8 Å². The van der Waals surface area contributed by atoms with Gasteiger partial charge in [0.1, 0.15) is 0 Å². The van der Waals surface area contributed by atoms with Crippen molar-refractivity contribution >= 4 is 14.3 Å². The van der Waals surface area contributed by atoms with E-state index in [2.05, 4.69) is 40.8 Å². The third kappa shape index (κ3) is 4.05. The highest BCUT2D eigenvalue weighted by atomic mass is 28.4. The number of carbonyl (C=O) groups is 1. The number of rotatable bonds is 5. The molecule has 4 heteroatoms. The Bertz CT molecular complexity index is 333. The van der Waals surface area contributed by atoms with Crippen molar-refractivity contribution in [1.82, 2.24) is 0 Å². The van der Waals surface area contributed by atoms with E-state index in [0.717, 1.165) is 25.7 Å². The van der Waals surface area contributed by atoms with Gasteiger partial charge in [-0.3, -0.25) is 4.79 Å². The Morgan fingerprint density at radius 2 is 2.00 bits per heavy atom. The summed E-state index contributed by atoms with van der Waals surface area (Å²) in [4.78, 5) is 10.8. The maximum Gasteiger partial charge on any atom is 0.303 e. The van der Waals surface area contributed by atoms with Crippen LogP contribution in [0.1, 0.15) is 59.8 Å².